The van der Waals surface area contributed by atoms with E-state index in [0.29, 0.717) is 6.61 Å². The third kappa shape index (κ3) is 2.12. The van der Waals surface area contributed by atoms with Crippen molar-refractivity contribution in [1.29, 1.82) is 0 Å². The number of amides is 1. The number of fused-ring (bicyclic) bond motifs is 1. The molecule has 3 heteroatoms. The molecule has 0 fully saturated rings. The van der Waals surface area contributed by atoms with Crippen molar-refractivity contribution in [3.05, 3.63) is 29.3 Å². The van der Waals surface area contributed by atoms with E-state index in [9.17, 15) is 4.79 Å². The Hall–Kier alpha value is -1.51. The van der Waals surface area contributed by atoms with Gasteiger partial charge in [-0.25, -0.2) is 0 Å². The van der Waals surface area contributed by atoms with Crippen LogP contribution in [0.3, 0.4) is 0 Å². The fourth-order valence-corrected chi connectivity index (χ4v) is 1.91. The van der Waals surface area contributed by atoms with Crippen LogP contribution in [-0.2, 0) is 4.79 Å². The summed E-state index contributed by atoms with van der Waals surface area (Å²) in [5, 5.41) is 2.95. The predicted molar refractivity (Wildman–Crippen MR) is 57.8 cm³/mol. The number of rotatable bonds is 1. The van der Waals surface area contributed by atoms with Crippen LogP contribution in [-0.4, -0.2) is 12.5 Å². The largest absolute Gasteiger partial charge is 0.493 e. The van der Waals surface area contributed by atoms with Gasteiger partial charge >= 0.3 is 0 Å². The van der Waals surface area contributed by atoms with Crippen LogP contribution in [0.4, 0.5) is 0 Å². The maximum Gasteiger partial charge on any atom is 0.217 e. The molecule has 0 spiro atoms. The molecule has 0 aromatic heterocycles. The Labute approximate surface area is 89.4 Å². The summed E-state index contributed by atoms with van der Waals surface area (Å²) in [5.41, 5.74) is 2.28. The minimum atomic E-state index is 0.00866. The summed E-state index contributed by atoms with van der Waals surface area (Å²) >= 11 is 0. The molecule has 1 aliphatic heterocycles. The van der Waals surface area contributed by atoms with Gasteiger partial charge in [-0.15, -0.1) is 0 Å². The number of carbonyl (C=O) groups excluding carboxylic acids is 1. The molecule has 1 heterocycles. The first-order chi connectivity index (χ1) is 7.16. The number of aryl methyl sites for hydroxylation is 1. The van der Waals surface area contributed by atoms with Crippen molar-refractivity contribution in [2.45, 2.75) is 26.3 Å². The summed E-state index contributed by atoms with van der Waals surface area (Å²) in [6.07, 6.45) is 0.843. The van der Waals surface area contributed by atoms with Crippen LogP contribution in [0.25, 0.3) is 0 Å². The number of hydrogen-bond acceptors (Lipinski definition) is 2. The van der Waals surface area contributed by atoms with Crippen molar-refractivity contribution in [2.24, 2.45) is 0 Å². The Morgan fingerprint density at radius 3 is 3.07 bits per heavy atom. The second-order valence-electron chi connectivity index (χ2n) is 3.93. The minimum absolute atomic E-state index is 0.00866. The molecule has 1 aromatic carbocycles. The number of carbonyl (C=O) groups is 1. The van der Waals surface area contributed by atoms with E-state index in [1.165, 1.54) is 5.56 Å². The maximum absolute atomic E-state index is 11.1. The van der Waals surface area contributed by atoms with E-state index in [2.05, 4.69) is 11.4 Å². The first kappa shape index (κ1) is 10.0. The van der Waals surface area contributed by atoms with Crippen molar-refractivity contribution in [3.63, 3.8) is 0 Å². The Balaban J connectivity index is 2.32. The molecule has 15 heavy (non-hydrogen) atoms. The van der Waals surface area contributed by atoms with E-state index in [4.69, 9.17) is 4.74 Å². The van der Waals surface area contributed by atoms with Gasteiger partial charge in [-0.2, -0.15) is 0 Å². The van der Waals surface area contributed by atoms with Gasteiger partial charge in [0.05, 0.1) is 12.6 Å². The van der Waals surface area contributed by atoms with Crippen molar-refractivity contribution in [3.8, 4) is 5.75 Å². The minimum Gasteiger partial charge on any atom is -0.493 e. The van der Waals surface area contributed by atoms with Gasteiger partial charge in [0, 0.05) is 18.9 Å². The zero-order chi connectivity index (χ0) is 10.8. The van der Waals surface area contributed by atoms with E-state index in [-0.39, 0.29) is 11.9 Å². The smallest absolute Gasteiger partial charge is 0.217 e. The van der Waals surface area contributed by atoms with Gasteiger partial charge in [0.15, 0.2) is 0 Å². The first-order valence-electron chi connectivity index (χ1n) is 5.17. The van der Waals surface area contributed by atoms with Gasteiger partial charge in [-0.1, -0.05) is 17.7 Å². The topological polar surface area (TPSA) is 38.3 Å². The summed E-state index contributed by atoms with van der Waals surface area (Å²) in [4.78, 5) is 11.1. The van der Waals surface area contributed by atoms with Crippen molar-refractivity contribution < 1.29 is 9.53 Å². The molecule has 1 N–H and O–H groups in total. The molecular formula is C12H15NO2. The molecule has 0 bridgehead atoms. The van der Waals surface area contributed by atoms with E-state index < -0.39 is 0 Å². The highest BCUT2D eigenvalue weighted by Crippen LogP contribution is 2.32. The third-order valence-electron chi connectivity index (χ3n) is 2.58. The average Bonchev–Trinajstić information content (AvgIpc) is 2.18. The lowest BCUT2D eigenvalue weighted by Crippen LogP contribution is -2.30. The van der Waals surface area contributed by atoms with E-state index in [0.717, 1.165) is 17.7 Å². The highest BCUT2D eigenvalue weighted by atomic mass is 16.5. The number of ether oxygens (including phenoxy) is 1. The van der Waals surface area contributed by atoms with Gasteiger partial charge in [0.25, 0.3) is 0 Å². The zero-order valence-electron chi connectivity index (χ0n) is 9.04. The molecule has 1 aliphatic rings. The zero-order valence-corrected chi connectivity index (χ0v) is 9.04. The Morgan fingerprint density at radius 2 is 2.33 bits per heavy atom. The predicted octanol–water partition coefficient (Wildman–Crippen LogP) is 1.95. The summed E-state index contributed by atoms with van der Waals surface area (Å²) in [7, 11) is 0. The standard InChI is InChI=1S/C12H15NO2/c1-8-3-4-12-10(7-8)11(5-6-15-12)13-9(2)14/h3-4,7,11H,5-6H2,1-2H3,(H,13,14)/t11-/m0/s1. The lowest BCUT2D eigenvalue weighted by atomic mass is 9.98. The van der Waals surface area contributed by atoms with Crippen LogP contribution in [0.15, 0.2) is 18.2 Å². The lowest BCUT2D eigenvalue weighted by molar-refractivity contribution is -0.119. The van der Waals surface area contributed by atoms with Crippen molar-refractivity contribution in [1.82, 2.24) is 5.32 Å². The number of benzene rings is 1. The molecule has 1 aromatic rings. The second kappa shape index (κ2) is 3.93. The average molecular weight is 205 g/mol. The van der Waals surface area contributed by atoms with Crippen LogP contribution in [0.2, 0.25) is 0 Å². The molecule has 0 radical (unpaired) electrons. The van der Waals surface area contributed by atoms with Crippen LogP contribution >= 0.6 is 0 Å². The lowest BCUT2D eigenvalue weighted by Gasteiger charge is -2.26. The van der Waals surface area contributed by atoms with E-state index in [1.54, 1.807) is 6.92 Å². The molecule has 80 valence electrons. The molecular weight excluding hydrogens is 190 g/mol. The summed E-state index contributed by atoms with van der Waals surface area (Å²) in [6.45, 7) is 4.26. The van der Waals surface area contributed by atoms with Gasteiger partial charge in [-0.3, -0.25) is 4.79 Å². The highest BCUT2D eigenvalue weighted by Gasteiger charge is 2.21. The van der Waals surface area contributed by atoms with Gasteiger partial charge < -0.3 is 10.1 Å². The molecule has 0 saturated carbocycles. The van der Waals surface area contributed by atoms with Crippen molar-refractivity contribution in [2.75, 3.05) is 6.61 Å². The van der Waals surface area contributed by atoms with Crippen LogP contribution in [0.1, 0.15) is 30.5 Å². The summed E-state index contributed by atoms with van der Waals surface area (Å²) in [6, 6.07) is 6.18. The van der Waals surface area contributed by atoms with E-state index >= 15 is 0 Å². The molecule has 0 saturated heterocycles. The van der Waals surface area contributed by atoms with Crippen LogP contribution in [0, 0.1) is 6.92 Å². The fraction of sp³-hybridized carbons (Fsp3) is 0.417. The number of hydrogen-bond donors (Lipinski definition) is 1. The summed E-state index contributed by atoms with van der Waals surface area (Å²) < 4.78 is 5.54. The quantitative estimate of drug-likeness (QED) is 0.761. The van der Waals surface area contributed by atoms with Crippen LogP contribution in [0.5, 0.6) is 5.75 Å². The molecule has 2 rings (SSSR count). The molecule has 3 nitrogen and oxygen atoms in total. The maximum atomic E-state index is 11.1. The second-order valence-corrected chi connectivity index (χ2v) is 3.93. The SMILES string of the molecule is CC(=O)N[C@H]1CCOc2ccc(C)cc21. The molecule has 0 aliphatic carbocycles. The van der Waals surface area contributed by atoms with E-state index in [1.807, 2.05) is 19.1 Å². The van der Waals surface area contributed by atoms with Gasteiger partial charge in [0.1, 0.15) is 5.75 Å². The Morgan fingerprint density at radius 1 is 1.53 bits per heavy atom. The Bertz CT molecular complexity index is 387. The summed E-state index contributed by atoms with van der Waals surface area (Å²) in [5.74, 6) is 0.903. The number of nitrogens with one attached hydrogen (secondary N) is 1. The van der Waals surface area contributed by atoms with Crippen molar-refractivity contribution >= 4 is 5.91 Å². The first-order valence-corrected chi connectivity index (χ1v) is 5.17. The van der Waals surface area contributed by atoms with Gasteiger partial charge in [-0.05, 0) is 13.0 Å². The Kier molecular flexibility index (Phi) is 2.62. The molecule has 1 amide bonds. The fourth-order valence-electron chi connectivity index (χ4n) is 1.91. The molecule has 1 atom stereocenters. The monoisotopic (exact) mass is 205 g/mol. The van der Waals surface area contributed by atoms with Gasteiger partial charge in [0.2, 0.25) is 5.91 Å². The van der Waals surface area contributed by atoms with Crippen LogP contribution < -0.4 is 10.1 Å². The molecule has 0 unspecified atom stereocenters. The normalized spacial score (nSPS) is 18.9. The highest BCUT2D eigenvalue weighted by molar-refractivity contribution is 5.73. The third-order valence-corrected chi connectivity index (χ3v) is 2.58.